The third-order valence-corrected chi connectivity index (χ3v) is 4.51. The average Bonchev–Trinajstić information content (AvgIpc) is 2.63. The second kappa shape index (κ2) is 8.07. The molecule has 1 aromatic heterocycles. The van der Waals surface area contributed by atoms with E-state index in [0.29, 0.717) is 12.4 Å². The Morgan fingerprint density at radius 3 is 2.76 bits per heavy atom. The molecule has 3 rings (SSSR count). The smallest absolute Gasteiger partial charge is 0.251 e. The maximum atomic E-state index is 12.4. The fourth-order valence-corrected chi connectivity index (χ4v) is 3.11. The van der Waals surface area contributed by atoms with E-state index in [0.717, 1.165) is 42.9 Å². The Labute approximate surface area is 148 Å². The van der Waals surface area contributed by atoms with Gasteiger partial charge in [0, 0.05) is 38.0 Å². The van der Waals surface area contributed by atoms with Gasteiger partial charge in [0.25, 0.3) is 5.91 Å². The van der Waals surface area contributed by atoms with E-state index in [4.69, 9.17) is 4.74 Å². The van der Waals surface area contributed by atoms with Gasteiger partial charge in [-0.3, -0.25) is 4.79 Å². The molecule has 0 spiro atoms. The Kier molecular flexibility index (Phi) is 5.60. The van der Waals surface area contributed by atoms with Gasteiger partial charge in [-0.15, -0.1) is 0 Å². The molecule has 0 unspecified atom stereocenters. The number of carbonyl (C=O) groups excluding carboxylic acids is 1. The second-order valence-electron chi connectivity index (χ2n) is 6.31. The Bertz CT molecular complexity index is 727. The number of anilines is 1. The topological polar surface area (TPSA) is 67.3 Å². The molecule has 1 amide bonds. The van der Waals surface area contributed by atoms with Gasteiger partial charge in [-0.1, -0.05) is 18.2 Å². The fraction of sp³-hybridized carbons (Fsp3) is 0.421. The Balaban J connectivity index is 1.56. The fourth-order valence-electron chi connectivity index (χ4n) is 3.11. The highest BCUT2D eigenvalue weighted by Gasteiger charge is 2.22. The van der Waals surface area contributed by atoms with Crippen LogP contribution in [-0.4, -0.2) is 42.1 Å². The lowest BCUT2D eigenvalue weighted by molar-refractivity contribution is 0.0930. The van der Waals surface area contributed by atoms with Gasteiger partial charge in [0.1, 0.15) is 12.4 Å². The molecule has 2 heterocycles. The molecule has 1 aromatic carbocycles. The molecule has 1 aliphatic heterocycles. The molecule has 0 atom stereocenters. The zero-order chi connectivity index (χ0) is 17.6. The lowest BCUT2D eigenvalue weighted by Crippen LogP contribution is -2.45. The molecule has 0 aliphatic carbocycles. The number of rotatable bonds is 5. The van der Waals surface area contributed by atoms with Crippen molar-refractivity contribution in [3.63, 3.8) is 0 Å². The molecule has 6 heteroatoms. The van der Waals surface area contributed by atoms with Crippen molar-refractivity contribution in [2.24, 2.45) is 0 Å². The summed E-state index contributed by atoms with van der Waals surface area (Å²) in [5.41, 5.74) is 1.76. The zero-order valence-electron chi connectivity index (χ0n) is 14.7. The van der Waals surface area contributed by atoms with E-state index in [1.54, 1.807) is 13.3 Å². The molecule has 132 valence electrons. The number of nitrogens with one attached hydrogen (secondary N) is 1. The summed E-state index contributed by atoms with van der Waals surface area (Å²) in [6.07, 6.45) is 3.57. The summed E-state index contributed by atoms with van der Waals surface area (Å²) in [4.78, 5) is 23.4. The van der Waals surface area contributed by atoms with Crippen LogP contribution in [0.15, 0.2) is 36.5 Å². The normalized spacial score (nSPS) is 15.2. The van der Waals surface area contributed by atoms with Crippen LogP contribution >= 0.6 is 0 Å². The van der Waals surface area contributed by atoms with Crippen molar-refractivity contribution in [1.29, 1.82) is 0 Å². The first-order valence-corrected chi connectivity index (χ1v) is 8.59. The van der Waals surface area contributed by atoms with Crippen LogP contribution in [0.4, 0.5) is 5.82 Å². The minimum Gasteiger partial charge on any atom is -0.377 e. The lowest BCUT2D eigenvalue weighted by Gasteiger charge is -2.33. The van der Waals surface area contributed by atoms with Crippen LogP contribution in [0.2, 0.25) is 0 Å². The molecule has 6 nitrogen and oxygen atoms in total. The first kappa shape index (κ1) is 17.4. The number of nitrogens with zero attached hydrogens (tertiary/aromatic N) is 3. The van der Waals surface area contributed by atoms with E-state index in [1.807, 2.05) is 37.3 Å². The first-order valence-electron chi connectivity index (χ1n) is 8.59. The molecule has 0 radical (unpaired) electrons. The summed E-state index contributed by atoms with van der Waals surface area (Å²) in [6.45, 7) is 4.10. The van der Waals surface area contributed by atoms with Gasteiger partial charge >= 0.3 is 0 Å². The molecule has 1 N–H and O–H groups in total. The quantitative estimate of drug-likeness (QED) is 0.905. The molecule has 2 aromatic rings. The van der Waals surface area contributed by atoms with Gasteiger partial charge in [-0.2, -0.15) is 0 Å². The number of aromatic nitrogens is 2. The lowest BCUT2D eigenvalue weighted by atomic mass is 10.0. The predicted octanol–water partition coefficient (Wildman–Crippen LogP) is 2.33. The van der Waals surface area contributed by atoms with E-state index in [9.17, 15) is 4.79 Å². The molecule has 0 bridgehead atoms. The van der Waals surface area contributed by atoms with Gasteiger partial charge in [0.15, 0.2) is 5.82 Å². The van der Waals surface area contributed by atoms with E-state index in [1.165, 1.54) is 0 Å². The number of amides is 1. The third kappa shape index (κ3) is 4.33. The van der Waals surface area contributed by atoms with E-state index in [2.05, 4.69) is 20.2 Å². The summed E-state index contributed by atoms with van der Waals surface area (Å²) >= 11 is 0. The van der Waals surface area contributed by atoms with Crippen molar-refractivity contribution < 1.29 is 9.53 Å². The van der Waals surface area contributed by atoms with Crippen molar-refractivity contribution in [1.82, 2.24) is 15.3 Å². The number of ether oxygens (including phenoxy) is 1. The van der Waals surface area contributed by atoms with E-state index >= 15 is 0 Å². The van der Waals surface area contributed by atoms with Crippen LogP contribution in [0.1, 0.15) is 34.6 Å². The Morgan fingerprint density at radius 1 is 1.28 bits per heavy atom. The number of carbonyl (C=O) groups is 1. The highest BCUT2D eigenvalue weighted by Crippen LogP contribution is 2.18. The van der Waals surface area contributed by atoms with Gasteiger partial charge < -0.3 is 15.0 Å². The van der Waals surface area contributed by atoms with Gasteiger partial charge in [0.05, 0.1) is 0 Å². The van der Waals surface area contributed by atoms with Crippen LogP contribution in [0.3, 0.4) is 0 Å². The molecule has 1 saturated heterocycles. The van der Waals surface area contributed by atoms with Crippen LogP contribution in [0.5, 0.6) is 0 Å². The van der Waals surface area contributed by atoms with Crippen molar-refractivity contribution in [2.75, 3.05) is 25.1 Å². The first-order chi connectivity index (χ1) is 12.2. The minimum absolute atomic E-state index is 0.0148. The number of hydrogen-bond acceptors (Lipinski definition) is 5. The molecule has 1 fully saturated rings. The van der Waals surface area contributed by atoms with E-state index < -0.39 is 0 Å². The van der Waals surface area contributed by atoms with Crippen LogP contribution in [0.25, 0.3) is 0 Å². The highest BCUT2D eigenvalue weighted by molar-refractivity contribution is 5.95. The van der Waals surface area contributed by atoms with Crippen molar-refractivity contribution in [3.8, 4) is 0 Å². The minimum atomic E-state index is 0.0148. The van der Waals surface area contributed by atoms with Crippen molar-refractivity contribution in [2.45, 2.75) is 32.4 Å². The molecule has 25 heavy (non-hydrogen) atoms. The summed E-state index contributed by atoms with van der Waals surface area (Å²) in [5, 5.41) is 3.16. The van der Waals surface area contributed by atoms with Crippen LogP contribution < -0.4 is 10.2 Å². The summed E-state index contributed by atoms with van der Waals surface area (Å²) < 4.78 is 5.09. The predicted molar refractivity (Wildman–Crippen MR) is 96.6 cm³/mol. The molecule has 1 aliphatic rings. The number of methoxy groups -OCH3 is 1. The van der Waals surface area contributed by atoms with E-state index in [-0.39, 0.29) is 11.9 Å². The summed E-state index contributed by atoms with van der Waals surface area (Å²) in [6, 6.07) is 9.80. The number of piperidine rings is 1. The summed E-state index contributed by atoms with van der Waals surface area (Å²) in [7, 11) is 1.64. The van der Waals surface area contributed by atoms with Gasteiger partial charge in [-0.05, 0) is 37.5 Å². The second-order valence-corrected chi connectivity index (χ2v) is 6.31. The third-order valence-electron chi connectivity index (χ3n) is 4.51. The average molecular weight is 340 g/mol. The number of aryl methyl sites for hydroxylation is 1. The molecular formula is C19H24N4O2. The standard InChI is InChI=1S/C19H24N4O2/c1-14-5-3-4-6-16(14)19(24)21-15-8-11-23(12-9-15)18-7-10-20-17(22-18)13-25-2/h3-7,10,15H,8-9,11-13H2,1-2H3,(H,21,24). The van der Waals surface area contributed by atoms with Gasteiger partial charge in [-0.25, -0.2) is 9.97 Å². The van der Waals surface area contributed by atoms with Crippen molar-refractivity contribution in [3.05, 3.63) is 53.5 Å². The monoisotopic (exact) mass is 340 g/mol. The maximum Gasteiger partial charge on any atom is 0.251 e. The van der Waals surface area contributed by atoms with Gasteiger partial charge in [0.2, 0.25) is 0 Å². The largest absolute Gasteiger partial charge is 0.377 e. The zero-order valence-corrected chi connectivity index (χ0v) is 14.7. The molecular weight excluding hydrogens is 316 g/mol. The number of benzene rings is 1. The SMILES string of the molecule is COCc1nccc(N2CCC(NC(=O)c3ccccc3C)CC2)n1. The summed E-state index contributed by atoms with van der Waals surface area (Å²) in [5.74, 6) is 1.63. The number of hydrogen-bond donors (Lipinski definition) is 1. The van der Waals surface area contributed by atoms with Crippen LogP contribution in [0, 0.1) is 6.92 Å². The molecule has 0 saturated carbocycles. The van der Waals surface area contributed by atoms with Crippen LogP contribution in [-0.2, 0) is 11.3 Å². The Morgan fingerprint density at radius 2 is 2.04 bits per heavy atom. The van der Waals surface area contributed by atoms with Crippen molar-refractivity contribution >= 4 is 11.7 Å². The highest BCUT2D eigenvalue weighted by atomic mass is 16.5. The maximum absolute atomic E-state index is 12.4. The Hall–Kier alpha value is -2.47.